The van der Waals surface area contributed by atoms with Gasteiger partial charge in [0.05, 0.1) is 10.3 Å². The fourth-order valence-corrected chi connectivity index (χ4v) is 2.49. The van der Waals surface area contributed by atoms with Gasteiger partial charge in [-0.2, -0.15) is 0 Å². The highest BCUT2D eigenvalue weighted by atomic mass is 35.5. The van der Waals surface area contributed by atoms with Gasteiger partial charge >= 0.3 is 0 Å². The Balaban J connectivity index is 2.10. The molecule has 0 radical (unpaired) electrons. The molecule has 7 heteroatoms. The van der Waals surface area contributed by atoms with E-state index in [0.29, 0.717) is 12.1 Å². The highest BCUT2D eigenvalue weighted by molar-refractivity contribution is 7.89. The van der Waals surface area contributed by atoms with Crippen molar-refractivity contribution in [3.63, 3.8) is 0 Å². The normalized spacial score (nSPS) is 26.7. The maximum absolute atomic E-state index is 11.9. The summed E-state index contributed by atoms with van der Waals surface area (Å²) in [6.07, 6.45) is 0.648. The van der Waals surface area contributed by atoms with Gasteiger partial charge in [-0.3, -0.25) is 4.79 Å². The summed E-state index contributed by atoms with van der Waals surface area (Å²) in [5.41, 5.74) is -0.00965. The van der Waals surface area contributed by atoms with Gasteiger partial charge in [0.1, 0.15) is 0 Å². The van der Waals surface area contributed by atoms with Gasteiger partial charge in [0.25, 0.3) is 0 Å². The van der Waals surface area contributed by atoms with Crippen molar-refractivity contribution >= 4 is 33.2 Å². The molecule has 18 heavy (non-hydrogen) atoms. The van der Waals surface area contributed by atoms with Gasteiger partial charge in [-0.05, 0) is 37.6 Å². The lowest BCUT2D eigenvalue weighted by Gasteiger charge is -2.10. The zero-order valence-electron chi connectivity index (χ0n) is 9.68. The van der Waals surface area contributed by atoms with Crippen molar-refractivity contribution in [2.75, 3.05) is 5.32 Å². The van der Waals surface area contributed by atoms with Crippen LogP contribution in [0.4, 0.5) is 5.69 Å². The number of anilines is 1. The number of nitrogens with two attached hydrogens (primary N) is 1. The summed E-state index contributed by atoms with van der Waals surface area (Å²) in [4.78, 5) is 11.9. The third kappa shape index (κ3) is 2.50. The van der Waals surface area contributed by atoms with Crippen LogP contribution in [0.1, 0.15) is 13.3 Å². The van der Waals surface area contributed by atoms with Crippen LogP contribution in [0.3, 0.4) is 0 Å². The Labute approximate surface area is 110 Å². The summed E-state index contributed by atoms with van der Waals surface area (Å²) in [6, 6.07) is 5.68. The third-order valence-electron chi connectivity index (χ3n) is 3.09. The molecular weight excluding hydrogens is 276 g/mol. The van der Waals surface area contributed by atoms with E-state index in [-0.39, 0.29) is 16.2 Å². The first-order valence-electron chi connectivity index (χ1n) is 5.32. The second-order valence-electron chi connectivity index (χ2n) is 4.61. The highest BCUT2D eigenvalue weighted by Gasteiger charge is 2.55. The quantitative estimate of drug-likeness (QED) is 0.821. The molecule has 3 N–H and O–H groups in total. The molecule has 0 aliphatic heterocycles. The van der Waals surface area contributed by atoms with E-state index in [0.717, 1.165) is 0 Å². The molecule has 1 aromatic carbocycles. The number of alkyl halides is 1. The molecule has 0 saturated heterocycles. The van der Waals surface area contributed by atoms with Crippen molar-refractivity contribution < 1.29 is 13.2 Å². The number of nitrogens with one attached hydrogen (secondary N) is 1. The molecule has 0 aromatic heterocycles. The predicted molar refractivity (Wildman–Crippen MR) is 68.8 cm³/mol. The molecule has 2 unspecified atom stereocenters. The maximum atomic E-state index is 11.9. The maximum Gasteiger partial charge on any atom is 0.238 e. The van der Waals surface area contributed by atoms with E-state index in [1.165, 1.54) is 24.3 Å². The minimum absolute atomic E-state index is 0.00773. The van der Waals surface area contributed by atoms with Gasteiger partial charge in [0.15, 0.2) is 0 Å². The van der Waals surface area contributed by atoms with Crippen LogP contribution in [0.5, 0.6) is 0 Å². The second kappa shape index (κ2) is 4.22. The van der Waals surface area contributed by atoms with Crippen molar-refractivity contribution in [3.8, 4) is 0 Å². The first kappa shape index (κ1) is 13.3. The zero-order valence-corrected chi connectivity index (χ0v) is 11.3. The molecular formula is C11H13ClN2O3S. The topological polar surface area (TPSA) is 89.3 Å². The highest BCUT2D eigenvalue weighted by Crippen LogP contribution is 2.50. The second-order valence-corrected chi connectivity index (χ2v) is 6.70. The van der Waals surface area contributed by atoms with Crippen LogP contribution >= 0.6 is 11.6 Å². The fraction of sp³-hybridized carbons (Fsp3) is 0.364. The summed E-state index contributed by atoms with van der Waals surface area (Å²) in [5.74, 6) is -0.161. The van der Waals surface area contributed by atoms with E-state index in [4.69, 9.17) is 16.7 Å². The summed E-state index contributed by atoms with van der Waals surface area (Å²) in [7, 11) is -3.71. The Morgan fingerprint density at radius 2 is 1.94 bits per heavy atom. The molecule has 2 atom stereocenters. The molecule has 0 heterocycles. The smallest absolute Gasteiger partial charge is 0.238 e. The molecule has 1 aliphatic rings. The molecule has 1 aromatic rings. The van der Waals surface area contributed by atoms with Crippen LogP contribution in [0.25, 0.3) is 0 Å². The van der Waals surface area contributed by atoms with E-state index in [1.54, 1.807) is 6.92 Å². The number of primary sulfonamides is 1. The van der Waals surface area contributed by atoms with Crippen LogP contribution in [-0.4, -0.2) is 19.7 Å². The Bertz CT molecular complexity index is 585. The SMILES string of the molecule is CC1(C(=O)Nc2ccc(S(N)(=O)=O)cc2)CC1Cl. The van der Waals surface area contributed by atoms with Crippen LogP contribution in [0.15, 0.2) is 29.2 Å². The van der Waals surface area contributed by atoms with E-state index < -0.39 is 15.4 Å². The van der Waals surface area contributed by atoms with Crippen LogP contribution in [-0.2, 0) is 14.8 Å². The average molecular weight is 289 g/mol. The van der Waals surface area contributed by atoms with Gasteiger partial charge in [-0.1, -0.05) is 0 Å². The van der Waals surface area contributed by atoms with Gasteiger partial charge in [0, 0.05) is 11.1 Å². The van der Waals surface area contributed by atoms with Crippen molar-refractivity contribution in [1.29, 1.82) is 0 Å². The lowest BCUT2D eigenvalue weighted by atomic mass is 10.1. The third-order valence-corrected chi connectivity index (χ3v) is 4.66. The molecule has 98 valence electrons. The first-order valence-corrected chi connectivity index (χ1v) is 7.30. The first-order chi connectivity index (χ1) is 8.23. The Hall–Kier alpha value is -1.11. The number of sulfonamides is 1. The minimum atomic E-state index is -3.71. The van der Waals surface area contributed by atoms with E-state index in [9.17, 15) is 13.2 Å². The molecule has 1 fully saturated rings. The summed E-state index contributed by atoms with van der Waals surface area (Å²) in [5, 5.41) is 7.53. The Morgan fingerprint density at radius 3 is 2.33 bits per heavy atom. The average Bonchev–Trinajstić information content (AvgIpc) is 2.88. The van der Waals surface area contributed by atoms with E-state index in [2.05, 4.69) is 5.32 Å². The van der Waals surface area contributed by atoms with E-state index >= 15 is 0 Å². The lowest BCUT2D eigenvalue weighted by Crippen LogP contribution is -2.23. The lowest BCUT2D eigenvalue weighted by molar-refractivity contribution is -0.120. The number of carbonyl (C=O) groups is 1. The number of carbonyl (C=O) groups excluding carboxylic acids is 1. The standard InChI is InChI=1S/C11H13ClN2O3S/c1-11(6-9(11)12)10(15)14-7-2-4-8(5-3-7)18(13,16)17/h2-5,9H,6H2,1H3,(H,14,15)(H2,13,16,17). The van der Waals surface area contributed by atoms with Crippen molar-refractivity contribution in [3.05, 3.63) is 24.3 Å². The van der Waals surface area contributed by atoms with Crippen LogP contribution < -0.4 is 10.5 Å². The number of halogens is 1. The molecule has 0 spiro atoms. The largest absolute Gasteiger partial charge is 0.326 e. The minimum Gasteiger partial charge on any atom is -0.326 e. The van der Waals surface area contributed by atoms with Crippen molar-refractivity contribution in [1.82, 2.24) is 0 Å². The van der Waals surface area contributed by atoms with Crippen LogP contribution in [0.2, 0.25) is 0 Å². The summed E-state index contributed by atoms with van der Waals surface area (Å²) >= 11 is 5.88. The molecule has 1 amide bonds. The van der Waals surface area contributed by atoms with Gasteiger partial charge in [-0.15, -0.1) is 11.6 Å². The predicted octanol–water partition coefficient (Wildman–Crippen LogP) is 1.29. The number of benzene rings is 1. The fourth-order valence-electron chi connectivity index (χ4n) is 1.55. The number of hydrogen-bond acceptors (Lipinski definition) is 3. The van der Waals surface area contributed by atoms with Gasteiger partial charge in [-0.25, -0.2) is 13.6 Å². The molecule has 1 saturated carbocycles. The zero-order chi connectivity index (χ0) is 13.6. The van der Waals surface area contributed by atoms with Crippen molar-refractivity contribution in [2.24, 2.45) is 10.6 Å². The molecule has 1 aliphatic carbocycles. The van der Waals surface area contributed by atoms with Crippen LogP contribution in [0, 0.1) is 5.41 Å². The van der Waals surface area contributed by atoms with Crippen molar-refractivity contribution in [2.45, 2.75) is 23.6 Å². The summed E-state index contributed by atoms with van der Waals surface area (Å²) < 4.78 is 22.1. The Morgan fingerprint density at radius 1 is 1.44 bits per heavy atom. The summed E-state index contributed by atoms with van der Waals surface area (Å²) in [6.45, 7) is 1.79. The Kier molecular flexibility index (Phi) is 3.12. The number of rotatable bonds is 3. The van der Waals surface area contributed by atoms with Gasteiger partial charge in [0.2, 0.25) is 15.9 Å². The van der Waals surface area contributed by atoms with Gasteiger partial charge < -0.3 is 5.32 Å². The number of hydrogen-bond donors (Lipinski definition) is 2. The molecule has 0 bridgehead atoms. The molecule has 2 rings (SSSR count). The van der Waals surface area contributed by atoms with E-state index in [1.807, 2.05) is 0 Å². The number of amides is 1. The molecule has 5 nitrogen and oxygen atoms in total. The monoisotopic (exact) mass is 288 g/mol.